The van der Waals surface area contributed by atoms with Gasteiger partial charge in [0.05, 0.1) is 13.2 Å². The molecule has 102 valence electrons. The van der Waals surface area contributed by atoms with Crippen molar-refractivity contribution in [3.8, 4) is 0 Å². The Bertz CT molecular complexity index is 359. The molecule has 0 bridgehead atoms. The average Bonchev–Trinajstić information content (AvgIpc) is 2.27. The van der Waals surface area contributed by atoms with Gasteiger partial charge >= 0.3 is 6.18 Å². The van der Waals surface area contributed by atoms with Gasteiger partial charge in [-0.05, 0) is 25.0 Å². The maximum absolute atomic E-state index is 12.4. The topological polar surface area (TPSA) is 23.5 Å². The number of aliphatic hydroxyl groups excluding tert-OH is 1. The maximum atomic E-state index is 12.4. The lowest BCUT2D eigenvalue weighted by molar-refractivity contribution is -0.150. The van der Waals surface area contributed by atoms with Crippen LogP contribution < -0.4 is 0 Å². The molecule has 2 nitrogen and oxygen atoms in total. The molecular formula is C13H18F3NO. The molecule has 5 heteroatoms. The number of nitrogens with zero attached hydrogens (tertiary/aromatic N) is 1. The number of aliphatic hydroxyl groups is 1. The Labute approximate surface area is 105 Å². The molecule has 0 amide bonds. The molecule has 0 unspecified atom stereocenters. The predicted octanol–water partition coefficient (Wildman–Crippen LogP) is 2.95. The number of rotatable bonds is 5. The van der Waals surface area contributed by atoms with Gasteiger partial charge in [-0.2, -0.15) is 13.2 Å². The minimum atomic E-state index is -4.19. The van der Waals surface area contributed by atoms with E-state index in [1.165, 1.54) is 4.90 Å². The molecule has 0 fully saturated rings. The van der Waals surface area contributed by atoms with Crippen molar-refractivity contribution in [3.05, 3.63) is 35.4 Å². The molecule has 0 spiro atoms. The van der Waals surface area contributed by atoms with E-state index in [0.29, 0.717) is 0 Å². The first kappa shape index (κ1) is 15.0. The van der Waals surface area contributed by atoms with E-state index in [1.807, 2.05) is 0 Å². The van der Waals surface area contributed by atoms with Crippen molar-refractivity contribution in [1.29, 1.82) is 0 Å². The highest BCUT2D eigenvalue weighted by Crippen LogP contribution is 2.20. The van der Waals surface area contributed by atoms with Gasteiger partial charge in [0.2, 0.25) is 0 Å². The van der Waals surface area contributed by atoms with Crippen LogP contribution in [0.5, 0.6) is 0 Å². The van der Waals surface area contributed by atoms with Gasteiger partial charge < -0.3 is 5.11 Å². The molecule has 1 rings (SSSR count). The highest BCUT2D eigenvalue weighted by molar-refractivity contribution is 5.21. The highest BCUT2D eigenvalue weighted by atomic mass is 19.4. The number of hydrogen-bond donors (Lipinski definition) is 1. The van der Waals surface area contributed by atoms with Gasteiger partial charge in [0.1, 0.15) is 0 Å². The summed E-state index contributed by atoms with van der Waals surface area (Å²) < 4.78 is 37.2. The fourth-order valence-electron chi connectivity index (χ4n) is 1.64. The Morgan fingerprint density at radius 3 is 2.00 bits per heavy atom. The van der Waals surface area contributed by atoms with Crippen LogP contribution in [0.3, 0.4) is 0 Å². The van der Waals surface area contributed by atoms with Crippen molar-refractivity contribution in [1.82, 2.24) is 4.90 Å². The minimum Gasteiger partial charge on any atom is -0.392 e. The first-order valence-electron chi connectivity index (χ1n) is 5.81. The van der Waals surface area contributed by atoms with E-state index in [2.05, 4.69) is 0 Å². The second-order valence-electron chi connectivity index (χ2n) is 4.59. The summed E-state index contributed by atoms with van der Waals surface area (Å²) in [6.07, 6.45) is -4.19. The third-order valence-electron chi connectivity index (χ3n) is 2.70. The van der Waals surface area contributed by atoms with Crippen molar-refractivity contribution in [2.45, 2.75) is 39.2 Å². The van der Waals surface area contributed by atoms with Crippen molar-refractivity contribution >= 4 is 0 Å². The highest BCUT2D eigenvalue weighted by Gasteiger charge is 2.31. The fourth-order valence-corrected chi connectivity index (χ4v) is 1.64. The molecule has 0 saturated carbocycles. The summed E-state index contributed by atoms with van der Waals surface area (Å²) in [5.74, 6) is 0. The van der Waals surface area contributed by atoms with Gasteiger partial charge in [0, 0.05) is 12.6 Å². The van der Waals surface area contributed by atoms with E-state index >= 15 is 0 Å². The van der Waals surface area contributed by atoms with Crippen molar-refractivity contribution in [2.75, 3.05) is 6.54 Å². The molecular weight excluding hydrogens is 243 g/mol. The number of benzene rings is 1. The zero-order chi connectivity index (χ0) is 13.8. The zero-order valence-electron chi connectivity index (χ0n) is 10.5. The molecule has 0 saturated heterocycles. The molecule has 1 aromatic rings. The van der Waals surface area contributed by atoms with Crippen LogP contribution in [0.25, 0.3) is 0 Å². The Morgan fingerprint density at radius 2 is 1.61 bits per heavy atom. The predicted molar refractivity (Wildman–Crippen MR) is 64.0 cm³/mol. The van der Waals surface area contributed by atoms with E-state index in [0.717, 1.165) is 11.1 Å². The summed E-state index contributed by atoms with van der Waals surface area (Å²) in [7, 11) is 0. The molecule has 0 atom stereocenters. The lowest BCUT2D eigenvalue weighted by Gasteiger charge is -2.27. The quantitative estimate of drug-likeness (QED) is 0.881. The molecule has 0 radical (unpaired) electrons. The number of hydrogen-bond acceptors (Lipinski definition) is 2. The van der Waals surface area contributed by atoms with Crippen LogP contribution >= 0.6 is 0 Å². The minimum absolute atomic E-state index is 0.0588. The fraction of sp³-hybridized carbons (Fsp3) is 0.538. The summed E-state index contributed by atoms with van der Waals surface area (Å²) in [4.78, 5) is 1.37. The van der Waals surface area contributed by atoms with Gasteiger partial charge in [-0.1, -0.05) is 24.3 Å². The average molecular weight is 261 g/mol. The lowest BCUT2D eigenvalue weighted by atomic mass is 10.1. The van der Waals surface area contributed by atoms with E-state index in [9.17, 15) is 13.2 Å². The lowest BCUT2D eigenvalue weighted by Crippen LogP contribution is -2.38. The molecule has 1 aromatic carbocycles. The zero-order valence-corrected chi connectivity index (χ0v) is 10.5. The second kappa shape index (κ2) is 6.20. The third-order valence-corrected chi connectivity index (χ3v) is 2.70. The summed E-state index contributed by atoms with van der Waals surface area (Å²) in [5, 5.41) is 8.89. The smallest absolute Gasteiger partial charge is 0.392 e. The third kappa shape index (κ3) is 5.06. The molecule has 1 N–H and O–H groups in total. The second-order valence-corrected chi connectivity index (χ2v) is 4.59. The van der Waals surface area contributed by atoms with Crippen LogP contribution in [-0.2, 0) is 13.2 Å². The van der Waals surface area contributed by atoms with E-state index in [-0.39, 0.29) is 19.2 Å². The van der Waals surface area contributed by atoms with Crippen molar-refractivity contribution < 1.29 is 18.3 Å². The summed E-state index contributed by atoms with van der Waals surface area (Å²) >= 11 is 0. The monoisotopic (exact) mass is 261 g/mol. The van der Waals surface area contributed by atoms with Crippen molar-refractivity contribution in [2.24, 2.45) is 0 Å². The molecule has 0 aliphatic carbocycles. The largest absolute Gasteiger partial charge is 0.401 e. The summed E-state index contributed by atoms with van der Waals surface area (Å²) in [5.41, 5.74) is 1.57. The van der Waals surface area contributed by atoms with Gasteiger partial charge in [-0.15, -0.1) is 0 Å². The van der Waals surface area contributed by atoms with Gasteiger partial charge in [-0.25, -0.2) is 0 Å². The van der Waals surface area contributed by atoms with Crippen LogP contribution in [0.4, 0.5) is 13.2 Å². The SMILES string of the molecule is CC(C)N(Cc1ccc(CO)cc1)CC(F)(F)F. The summed E-state index contributed by atoms with van der Waals surface area (Å²) in [6, 6.07) is 6.77. The maximum Gasteiger partial charge on any atom is 0.401 e. The van der Waals surface area contributed by atoms with Crippen LogP contribution in [-0.4, -0.2) is 28.8 Å². The van der Waals surface area contributed by atoms with Crippen LogP contribution in [0.2, 0.25) is 0 Å². The molecule has 0 aliphatic heterocycles. The first-order chi connectivity index (χ1) is 8.31. The van der Waals surface area contributed by atoms with E-state index in [1.54, 1.807) is 38.1 Å². The van der Waals surface area contributed by atoms with E-state index in [4.69, 9.17) is 5.11 Å². The molecule has 0 aliphatic rings. The van der Waals surface area contributed by atoms with Crippen LogP contribution in [0, 0.1) is 0 Å². The van der Waals surface area contributed by atoms with Crippen molar-refractivity contribution in [3.63, 3.8) is 0 Å². The van der Waals surface area contributed by atoms with Gasteiger partial charge in [-0.3, -0.25) is 4.90 Å². The standard InChI is InChI=1S/C13H18F3NO/c1-10(2)17(9-13(14,15)16)7-11-3-5-12(8-18)6-4-11/h3-6,10,18H,7-9H2,1-2H3. The Balaban J connectivity index is 2.70. The van der Waals surface area contributed by atoms with Crippen LogP contribution in [0.15, 0.2) is 24.3 Å². The Hall–Kier alpha value is -1.07. The Morgan fingerprint density at radius 1 is 1.11 bits per heavy atom. The molecule has 0 aromatic heterocycles. The number of halogens is 3. The Kier molecular flexibility index (Phi) is 5.16. The van der Waals surface area contributed by atoms with Gasteiger partial charge in [0.25, 0.3) is 0 Å². The number of alkyl halides is 3. The van der Waals surface area contributed by atoms with Crippen LogP contribution in [0.1, 0.15) is 25.0 Å². The molecule has 0 heterocycles. The van der Waals surface area contributed by atoms with E-state index < -0.39 is 12.7 Å². The summed E-state index contributed by atoms with van der Waals surface area (Å²) in [6.45, 7) is 2.77. The first-order valence-corrected chi connectivity index (χ1v) is 5.81. The molecule has 18 heavy (non-hydrogen) atoms. The normalized spacial score (nSPS) is 12.4. The van der Waals surface area contributed by atoms with Gasteiger partial charge in [0.15, 0.2) is 0 Å².